The number of hydrogen-bond donors (Lipinski definition) is 2. The summed E-state index contributed by atoms with van der Waals surface area (Å²) >= 11 is 6.34. The summed E-state index contributed by atoms with van der Waals surface area (Å²) in [6, 6.07) is 3.44. The molecule has 1 aliphatic rings. The van der Waals surface area contributed by atoms with Crippen LogP contribution in [0.25, 0.3) is 17.1 Å². The molecule has 0 unspecified atom stereocenters. The number of nitrogens with one attached hydrogen (secondary N) is 1. The summed E-state index contributed by atoms with van der Waals surface area (Å²) in [6.45, 7) is 0. The molecule has 0 spiro atoms. The highest BCUT2D eigenvalue weighted by atomic mass is 35.5. The predicted molar refractivity (Wildman–Crippen MR) is 102 cm³/mol. The number of rotatable bonds is 5. The van der Waals surface area contributed by atoms with Crippen molar-refractivity contribution in [2.45, 2.75) is 31.7 Å². The molecule has 1 fully saturated rings. The molecule has 0 saturated heterocycles. The molecule has 1 amide bonds. The summed E-state index contributed by atoms with van der Waals surface area (Å²) in [7, 11) is 1.53. The normalized spacial score (nSPS) is 20.3. The maximum atomic E-state index is 11.8. The van der Waals surface area contributed by atoms with Gasteiger partial charge in [0.1, 0.15) is 11.8 Å². The highest BCUT2D eigenvalue weighted by molar-refractivity contribution is 6.33. The minimum atomic E-state index is -1.01. The summed E-state index contributed by atoms with van der Waals surface area (Å²) in [4.78, 5) is 31.2. The number of halogens is 1. The standard InChI is InChI=1S/C19H20ClN3O4/c1-27-17-7-6-16-18(23-17)14(15(20)9-21-16)8-12(10-24)11-2-4-13(5-3-11)22-19(25)26/h6-11,13,22H,2-5H2,1H3,(H,25,26). The third kappa shape index (κ3) is 4.36. The number of hydrogen-bond acceptors (Lipinski definition) is 5. The average Bonchev–Trinajstić information content (AvgIpc) is 2.67. The molecule has 0 radical (unpaired) electrons. The molecule has 2 aromatic heterocycles. The molecule has 142 valence electrons. The molecule has 1 aliphatic carbocycles. The first kappa shape index (κ1) is 19.1. The van der Waals surface area contributed by atoms with Gasteiger partial charge >= 0.3 is 6.09 Å². The molecule has 0 atom stereocenters. The number of methoxy groups -OCH3 is 1. The minimum absolute atomic E-state index is 0.0548. The zero-order valence-electron chi connectivity index (χ0n) is 14.8. The van der Waals surface area contributed by atoms with Crippen molar-refractivity contribution >= 4 is 41.1 Å². The molecular weight excluding hydrogens is 370 g/mol. The van der Waals surface area contributed by atoms with Gasteiger partial charge in [0.25, 0.3) is 0 Å². The lowest BCUT2D eigenvalue weighted by atomic mass is 9.81. The zero-order chi connectivity index (χ0) is 19.4. The monoisotopic (exact) mass is 389 g/mol. The van der Waals surface area contributed by atoms with Crippen LogP contribution in [0.1, 0.15) is 31.2 Å². The number of fused-ring (bicyclic) bond motifs is 1. The minimum Gasteiger partial charge on any atom is -0.481 e. The van der Waals surface area contributed by atoms with Crippen LogP contribution in [0.3, 0.4) is 0 Å². The maximum Gasteiger partial charge on any atom is 0.404 e. The highest BCUT2D eigenvalue weighted by Gasteiger charge is 2.25. The Balaban J connectivity index is 1.91. The molecule has 1 saturated carbocycles. The van der Waals surface area contributed by atoms with Crippen LogP contribution in [0.2, 0.25) is 5.02 Å². The Morgan fingerprint density at radius 1 is 1.33 bits per heavy atom. The summed E-state index contributed by atoms with van der Waals surface area (Å²) in [5.74, 6) is 0.494. The van der Waals surface area contributed by atoms with Gasteiger partial charge in [0.05, 0.1) is 17.6 Å². The first-order valence-electron chi connectivity index (χ1n) is 8.67. The topological polar surface area (TPSA) is 101 Å². The number of carboxylic acid groups (broad SMARTS) is 1. The van der Waals surface area contributed by atoms with E-state index in [4.69, 9.17) is 21.4 Å². The fraction of sp³-hybridized carbons (Fsp3) is 0.368. The predicted octanol–water partition coefficient (Wildman–Crippen LogP) is 3.70. The third-order valence-corrected chi connectivity index (χ3v) is 5.16. The molecular formula is C19H20ClN3O4. The van der Waals surface area contributed by atoms with Crippen LogP contribution in [0, 0.1) is 5.92 Å². The van der Waals surface area contributed by atoms with Gasteiger partial charge in [-0.3, -0.25) is 9.78 Å². The van der Waals surface area contributed by atoms with Crippen molar-refractivity contribution in [2.75, 3.05) is 7.11 Å². The van der Waals surface area contributed by atoms with E-state index in [-0.39, 0.29) is 12.0 Å². The van der Waals surface area contributed by atoms with E-state index in [1.807, 2.05) is 0 Å². The van der Waals surface area contributed by atoms with Crippen molar-refractivity contribution < 1.29 is 19.4 Å². The highest BCUT2D eigenvalue weighted by Crippen LogP contribution is 2.33. The van der Waals surface area contributed by atoms with E-state index in [2.05, 4.69) is 15.3 Å². The SMILES string of the molecule is COc1ccc2ncc(Cl)c(C=C(C=O)C3CCC(NC(=O)O)CC3)c2n1. The molecule has 0 bridgehead atoms. The molecule has 2 heterocycles. The van der Waals surface area contributed by atoms with Gasteiger partial charge in [0.2, 0.25) is 5.88 Å². The van der Waals surface area contributed by atoms with Crippen LogP contribution in [-0.2, 0) is 4.79 Å². The second-order valence-corrected chi connectivity index (χ2v) is 6.91. The first-order valence-corrected chi connectivity index (χ1v) is 9.05. The van der Waals surface area contributed by atoms with Gasteiger partial charge in [-0.1, -0.05) is 11.6 Å². The smallest absolute Gasteiger partial charge is 0.404 e. The second kappa shape index (κ2) is 8.35. The maximum absolute atomic E-state index is 11.8. The number of ether oxygens (including phenoxy) is 1. The van der Waals surface area contributed by atoms with E-state index in [9.17, 15) is 9.59 Å². The van der Waals surface area contributed by atoms with Crippen LogP contribution in [0.4, 0.5) is 4.79 Å². The molecule has 8 heteroatoms. The summed E-state index contributed by atoms with van der Waals surface area (Å²) in [5.41, 5.74) is 2.49. The molecule has 3 rings (SSSR count). The van der Waals surface area contributed by atoms with E-state index in [1.165, 1.54) is 7.11 Å². The molecule has 27 heavy (non-hydrogen) atoms. The van der Waals surface area contributed by atoms with Crippen molar-refractivity contribution in [1.82, 2.24) is 15.3 Å². The fourth-order valence-corrected chi connectivity index (χ4v) is 3.65. The second-order valence-electron chi connectivity index (χ2n) is 6.50. The van der Waals surface area contributed by atoms with Crippen molar-refractivity contribution in [3.63, 3.8) is 0 Å². The fourth-order valence-electron chi connectivity index (χ4n) is 3.46. The van der Waals surface area contributed by atoms with Gasteiger partial charge in [-0.15, -0.1) is 0 Å². The van der Waals surface area contributed by atoms with Crippen LogP contribution in [0.5, 0.6) is 5.88 Å². The Morgan fingerprint density at radius 3 is 2.70 bits per heavy atom. The van der Waals surface area contributed by atoms with E-state index in [1.54, 1.807) is 24.4 Å². The van der Waals surface area contributed by atoms with E-state index in [0.29, 0.717) is 45.9 Å². The number of amides is 1. The lowest BCUT2D eigenvalue weighted by Gasteiger charge is -2.28. The summed E-state index contributed by atoms with van der Waals surface area (Å²) < 4.78 is 5.18. The van der Waals surface area contributed by atoms with Gasteiger partial charge in [0.15, 0.2) is 0 Å². The van der Waals surface area contributed by atoms with Crippen molar-refractivity contribution in [3.05, 3.63) is 34.5 Å². The molecule has 2 N–H and O–H groups in total. The van der Waals surface area contributed by atoms with Crippen molar-refractivity contribution in [2.24, 2.45) is 5.92 Å². The van der Waals surface area contributed by atoms with Gasteiger partial charge < -0.3 is 15.2 Å². The van der Waals surface area contributed by atoms with Crippen LogP contribution in [-0.4, -0.2) is 40.6 Å². The Bertz CT molecular complexity index is 892. The van der Waals surface area contributed by atoms with E-state index < -0.39 is 6.09 Å². The lowest BCUT2D eigenvalue weighted by Crippen LogP contribution is -2.36. The summed E-state index contributed by atoms with van der Waals surface area (Å²) in [6.07, 6.45) is 5.98. The largest absolute Gasteiger partial charge is 0.481 e. The molecule has 0 aliphatic heterocycles. The third-order valence-electron chi connectivity index (χ3n) is 4.86. The van der Waals surface area contributed by atoms with Crippen molar-refractivity contribution in [1.29, 1.82) is 0 Å². The quantitative estimate of drug-likeness (QED) is 0.597. The first-order chi connectivity index (χ1) is 13.0. The van der Waals surface area contributed by atoms with Crippen LogP contribution in [0.15, 0.2) is 23.9 Å². The number of carbonyl (C=O) groups excluding carboxylic acids is 1. The van der Waals surface area contributed by atoms with Crippen molar-refractivity contribution in [3.8, 4) is 5.88 Å². The average molecular weight is 390 g/mol. The van der Waals surface area contributed by atoms with Gasteiger partial charge in [-0.2, -0.15) is 0 Å². The molecule has 2 aromatic rings. The summed E-state index contributed by atoms with van der Waals surface area (Å²) in [5, 5.41) is 11.8. The Hall–Kier alpha value is -2.67. The molecule has 0 aromatic carbocycles. The van der Waals surface area contributed by atoms with Crippen LogP contribution < -0.4 is 10.1 Å². The zero-order valence-corrected chi connectivity index (χ0v) is 15.6. The number of aromatic nitrogens is 2. The number of carbonyl (C=O) groups is 2. The van der Waals surface area contributed by atoms with E-state index in [0.717, 1.165) is 19.1 Å². The Morgan fingerprint density at radius 2 is 2.07 bits per heavy atom. The number of pyridine rings is 2. The Labute approximate surface area is 161 Å². The van der Waals surface area contributed by atoms with Gasteiger partial charge in [-0.05, 0) is 49.3 Å². The number of nitrogens with zero attached hydrogens (tertiary/aromatic N) is 2. The lowest BCUT2D eigenvalue weighted by molar-refractivity contribution is -0.105. The van der Waals surface area contributed by atoms with Gasteiger partial charge in [0, 0.05) is 23.9 Å². The number of aldehydes is 1. The van der Waals surface area contributed by atoms with Crippen LogP contribution >= 0.6 is 11.6 Å². The van der Waals surface area contributed by atoms with E-state index >= 15 is 0 Å². The van der Waals surface area contributed by atoms with Gasteiger partial charge in [-0.25, -0.2) is 9.78 Å². The Kier molecular flexibility index (Phi) is 5.91. The molecule has 7 nitrogen and oxygen atoms in total. The number of allylic oxidation sites excluding steroid dienone is 1.